The van der Waals surface area contributed by atoms with Gasteiger partial charge in [0.05, 0.1) is 4.90 Å². The molecule has 1 rings (SSSR count). The lowest BCUT2D eigenvalue weighted by molar-refractivity contribution is 0.482. The first-order valence-electron chi connectivity index (χ1n) is 3.57. The molecule has 0 fully saturated rings. The lowest BCUT2D eigenvalue weighted by Crippen LogP contribution is -2.00. The van der Waals surface area contributed by atoms with Gasteiger partial charge in [-0.15, -0.1) is 11.8 Å². The van der Waals surface area contributed by atoms with Crippen molar-refractivity contribution < 1.29 is 13.0 Å². The third-order valence-electron chi connectivity index (χ3n) is 1.67. The van der Waals surface area contributed by atoms with E-state index in [9.17, 15) is 8.42 Å². The minimum absolute atomic E-state index is 0.0145. The second-order valence-corrected chi connectivity index (χ2v) is 4.88. The highest BCUT2D eigenvalue weighted by molar-refractivity contribution is 7.98. The zero-order chi connectivity index (χ0) is 10.1. The monoisotopic (exact) mass is 218 g/mol. The molecule has 0 aliphatic rings. The molecule has 72 valence electrons. The van der Waals surface area contributed by atoms with Gasteiger partial charge in [0, 0.05) is 4.90 Å². The maximum Gasteiger partial charge on any atom is 0.294 e. The van der Waals surface area contributed by atoms with Crippen LogP contribution in [0.25, 0.3) is 0 Å². The predicted molar refractivity (Wildman–Crippen MR) is 52.8 cm³/mol. The van der Waals surface area contributed by atoms with Crippen LogP contribution in [0.3, 0.4) is 0 Å². The molecule has 0 aliphatic carbocycles. The fraction of sp³-hybridized carbons (Fsp3) is 0.250. The summed E-state index contributed by atoms with van der Waals surface area (Å²) < 4.78 is 30.6. The largest absolute Gasteiger partial charge is 0.294 e. The molecule has 13 heavy (non-hydrogen) atoms. The molecule has 3 nitrogen and oxygen atoms in total. The average molecular weight is 218 g/mol. The van der Waals surface area contributed by atoms with Gasteiger partial charge in [-0.25, -0.2) is 0 Å². The van der Waals surface area contributed by atoms with Crippen LogP contribution in [0.1, 0.15) is 5.56 Å². The van der Waals surface area contributed by atoms with Gasteiger partial charge in [0.1, 0.15) is 0 Å². The third-order valence-corrected chi connectivity index (χ3v) is 3.39. The maximum atomic E-state index is 10.9. The highest BCUT2D eigenvalue weighted by Crippen LogP contribution is 2.22. The molecule has 1 aromatic carbocycles. The standard InChI is InChI=1S/C8H10O3S2/c1-6-3-4-7(12-2)5-8(6)13(9,10)11/h3-5H,1-2H3,(H,9,10,11). The Balaban J connectivity index is 3.36. The highest BCUT2D eigenvalue weighted by atomic mass is 32.2. The fourth-order valence-corrected chi connectivity index (χ4v) is 2.25. The summed E-state index contributed by atoms with van der Waals surface area (Å²) in [6.45, 7) is 1.65. The van der Waals surface area contributed by atoms with Crippen molar-refractivity contribution in [1.29, 1.82) is 0 Å². The molecule has 0 aromatic heterocycles. The maximum absolute atomic E-state index is 10.9. The number of rotatable bonds is 2. The topological polar surface area (TPSA) is 54.4 Å². The minimum Gasteiger partial charge on any atom is -0.282 e. The number of hydrogen-bond donors (Lipinski definition) is 1. The number of thioether (sulfide) groups is 1. The third kappa shape index (κ3) is 2.46. The van der Waals surface area contributed by atoms with E-state index >= 15 is 0 Å². The molecule has 0 bridgehead atoms. The van der Waals surface area contributed by atoms with Crippen LogP contribution in [0.5, 0.6) is 0 Å². The summed E-state index contributed by atoms with van der Waals surface area (Å²) in [7, 11) is -4.08. The lowest BCUT2D eigenvalue weighted by Gasteiger charge is -2.03. The molecular formula is C8H10O3S2. The second kappa shape index (κ2) is 3.69. The first-order chi connectivity index (χ1) is 5.95. The summed E-state index contributed by atoms with van der Waals surface area (Å²) in [6.07, 6.45) is 1.85. The zero-order valence-corrected chi connectivity index (χ0v) is 8.95. The van der Waals surface area contributed by atoms with E-state index in [0.717, 1.165) is 4.90 Å². The average Bonchev–Trinajstić information content (AvgIpc) is 2.03. The SMILES string of the molecule is CSc1ccc(C)c(S(=O)(=O)O)c1. The first kappa shape index (κ1) is 10.6. The Bertz CT molecular complexity index is 409. The van der Waals surface area contributed by atoms with Crippen LogP contribution in [0.15, 0.2) is 28.0 Å². The molecule has 0 amide bonds. The Morgan fingerprint density at radius 1 is 1.38 bits per heavy atom. The van der Waals surface area contributed by atoms with Crippen molar-refractivity contribution >= 4 is 21.9 Å². The first-order valence-corrected chi connectivity index (χ1v) is 6.24. The molecule has 1 aromatic rings. The van der Waals surface area contributed by atoms with Crippen molar-refractivity contribution in [2.45, 2.75) is 16.7 Å². The van der Waals surface area contributed by atoms with Crippen molar-refractivity contribution in [2.75, 3.05) is 6.26 Å². The summed E-state index contributed by atoms with van der Waals surface area (Å²) in [4.78, 5) is 0.803. The van der Waals surface area contributed by atoms with Gasteiger partial charge in [0.25, 0.3) is 10.1 Å². The Kier molecular flexibility index (Phi) is 3.00. The second-order valence-electron chi connectivity index (χ2n) is 2.61. The Labute approximate surface area is 81.9 Å². The Morgan fingerprint density at radius 3 is 2.46 bits per heavy atom. The minimum atomic E-state index is -4.08. The number of benzene rings is 1. The van der Waals surface area contributed by atoms with Crippen LogP contribution in [0, 0.1) is 6.92 Å². The molecule has 0 saturated carbocycles. The summed E-state index contributed by atoms with van der Waals surface area (Å²) in [5, 5.41) is 0. The molecule has 0 unspecified atom stereocenters. The normalized spacial score (nSPS) is 11.6. The smallest absolute Gasteiger partial charge is 0.282 e. The van der Waals surface area contributed by atoms with Crippen LogP contribution in [-0.2, 0) is 10.1 Å². The van der Waals surface area contributed by atoms with E-state index in [-0.39, 0.29) is 4.90 Å². The van der Waals surface area contributed by atoms with Gasteiger partial charge in [0.2, 0.25) is 0 Å². The number of aryl methyl sites for hydroxylation is 1. The van der Waals surface area contributed by atoms with Gasteiger partial charge in [-0.2, -0.15) is 8.42 Å². The summed E-state index contributed by atoms with van der Waals surface area (Å²) in [5.41, 5.74) is 0.556. The molecule has 0 radical (unpaired) electrons. The summed E-state index contributed by atoms with van der Waals surface area (Å²) in [6, 6.07) is 4.96. The van der Waals surface area contributed by atoms with Gasteiger partial charge in [-0.1, -0.05) is 6.07 Å². The lowest BCUT2D eigenvalue weighted by atomic mass is 10.2. The summed E-state index contributed by atoms with van der Waals surface area (Å²) in [5.74, 6) is 0. The van der Waals surface area contributed by atoms with Crippen LogP contribution < -0.4 is 0 Å². The van der Waals surface area contributed by atoms with E-state index in [2.05, 4.69) is 0 Å². The Hall–Kier alpha value is -0.520. The fourth-order valence-electron chi connectivity index (χ4n) is 0.985. The van der Waals surface area contributed by atoms with Crippen molar-refractivity contribution in [3.8, 4) is 0 Å². The van der Waals surface area contributed by atoms with Crippen LogP contribution in [0.4, 0.5) is 0 Å². The van der Waals surface area contributed by atoms with Crippen molar-refractivity contribution in [3.63, 3.8) is 0 Å². The van der Waals surface area contributed by atoms with Gasteiger partial charge in [-0.3, -0.25) is 4.55 Å². The molecule has 0 atom stereocenters. The van der Waals surface area contributed by atoms with E-state index in [1.807, 2.05) is 12.3 Å². The molecular weight excluding hydrogens is 208 g/mol. The van der Waals surface area contributed by atoms with Crippen molar-refractivity contribution in [3.05, 3.63) is 23.8 Å². The summed E-state index contributed by atoms with van der Waals surface area (Å²) >= 11 is 1.43. The van der Waals surface area contributed by atoms with E-state index in [1.54, 1.807) is 13.0 Å². The molecule has 0 saturated heterocycles. The van der Waals surface area contributed by atoms with E-state index in [4.69, 9.17) is 4.55 Å². The van der Waals surface area contributed by atoms with Crippen molar-refractivity contribution in [2.24, 2.45) is 0 Å². The van der Waals surface area contributed by atoms with E-state index < -0.39 is 10.1 Å². The Morgan fingerprint density at radius 2 is 2.00 bits per heavy atom. The molecule has 5 heteroatoms. The highest BCUT2D eigenvalue weighted by Gasteiger charge is 2.12. The van der Waals surface area contributed by atoms with Crippen LogP contribution in [-0.4, -0.2) is 19.2 Å². The zero-order valence-electron chi connectivity index (χ0n) is 7.31. The van der Waals surface area contributed by atoms with Gasteiger partial charge in [-0.05, 0) is 30.9 Å². The molecule has 1 N–H and O–H groups in total. The van der Waals surface area contributed by atoms with Gasteiger partial charge < -0.3 is 0 Å². The molecule has 0 spiro atoms. The van der Waals surface area contributed by atoms with Gasteiger partial charge in [0.15, 0.2) is 0 Å². The van der Waals surface area contributed by atoms with E-state index in [1.165, 1.54) is 17.8 Å². The molecule has 0 heterocycles. The van der Waals surface area contributed by atoms with Gasteiger partial charge >= 0.3 is 0 Å². The van der Waals surface area contributed by atoms with Crippen LogP contribution >= 0.6 is 11.8 Å². The number of hydrogen-bond acceptors (Lipinski definition) is 3. The molecule has 0 aliphatic heterocycles. The van der Waals surface area contributed by atoms with Crippen molar-refractivity contribution in [1.82, 2.24) is 0 Å². The van der Waals surface area contributed by atoms with Crippen LogP contribution in [0.2, 0.25) is 0 Å². The van der Waals surface area contributed by atoms with E-state index in [0.29, 0.717) is 5.56 Å². The predicted octanol–water partition coefficient (Wildman–Crippen LogP) is 1.96. The quantitative estimate of drug-likeness (QED) is 0.609.